The van der Waals surface area contributed by atoms with Gasteiger partial charge in [0.25, 0.3) is 5.91 Å². The van der Waals surface area contributed by atoms with Crippen molar-refractivity contribution in [3.8, 4) is 5.75 Å². The standard InChI is InChI=1S/C19H16Cl2N2O2S/c1-22-17(18(24)23(2)19(22)26)10-12-3-6-14(7-4-12)25-11-13-5-8-15(20)16(21)9-13/h3-10H,11H2,1-2H3/b17-10-. The molecule has 134 valence electrons. The zero-order chi connectivity index (χ0) is 18.8. The van der Waals surface area contributed by atoms with Crippen molar-refractivity contribution < 1.29 is 9.53 Å². The number of halogens is 2. The van der Waals surface area contributed by atoms with Gasteiger partial charge >= 0.3 is 0 Å². The molecule has 0 bridgehead atoms. The van der Waals surface area contributed by atoms with Crippen molar-refractivity contribution in [2.45, 2.75) is 6.61 Å². The molecule has 0 aromatic heterocycles. The molecule has 4 nitrogen and oxygen atoms in total. The van der Waals surface area contributed by atoms with Gasteiger partial charge in [0.05, 0.1) is 10.0 Å². The number of thiocarbonyl (C=S) groups is 1. The van der Waals surface area contributed by atoms with Gasteiger partial charge in [-0.15, -0.1) is 0 Å². The number of carbonyl (C=O) groups is 1. The number of benzene rings is 2. The maximum atomic E-state index is 12.2. The van der Waals surface area contributed by atoms with E-state index in [0.29, 0.717) is 27.5 Å². The number of hydrogen-bond acceptors (Lipinski definition) is 3. The van der Waals surface area contributed by atoms with Crippen LogP contribution >= 0.6 is 35.4 Å². The molecule has 1 fully saturated rings. The molecule has 0 radical (unpaired) electrons. The molecule has 1 amide bonds. The average molecular weight is 407 g/mol. The van der Waals surface area contributed by atoms with Crippen LogP contribution in [0.15, 0.2) is 48.2 Å². The molecule has 0 unspecified atom stereocenters. The van der Waals surface area contributed by atoms with Crippen molar-refractivity contribution >= 4 is 52.5 Å². The Kier molecular flexibility index (Phi) is 5.51. The fourth-order valence-corrected chi connectivity index (χ4v) is 3.00. The quantitative estimate of drug-likeness (QED) is 0.548. The number of rotatable bonds is 4. The Bertz CT molecular complexity index is 897. The van der Waals surface area contributed by atoms with E-state index in [1.165, 1.54) is 4.90 Å². The zero-order valence-electron chi connectivity index (χ0n) is 14.2. The first-order chi connectivity index (χ1) is 12.4. The Balaban J connectivity index is 1.69. The second-order valence-electron chi connectivity index (χ2n) is 5.84. The maximum Gasteiger partial charge on any atom is 0.276 e. The second kappa shape index (κ2) is 7.66. The smallest absolute Gasteiger partial charge is 0.276 e. The van der Waals surface area contributed by atoms with Gasteiger partial charge in [-0.05, 0) is 53.7 Å². The summed E-state index contributed by atoms with van der Waals surface area (Å²) in [5.41, 5.74) is 2.36. The van der Waals surface area contributed by atoms with Crippen molar-refractivity contribution in [2.24, 2.45) is 0 Å². The number of carbonyl (C=O) groups excluding carboxylic acids is 1. The summed E-state index contributed by atoms with van der Waals surface area (Å²) in [6, 6.07) is 12.9. The monoisotopic (exact) mass is 406 g/mol. The summed E-state index contributed by atoms with van der Waals surface area (Å²) in [4.78, 5) is 15.3. The van der Waals surface area contributed by atoms with E-state index < -0.39 is 0 Å². The van der Waals surface area contributed by atoms with Crippen LogP contribution in [0.4, 0.5) is 0 Å². The third-order valence-corrected chi connectivity index (χ3v) is 5.32. The van der Waals surface area contributed by atoms with Crippen LogP contribution in [0.5, 0.6) is 5.75 Å². The van der Waals surface area contributed by atoms with E-state index in [9.17, 15) is 4.79 Å². The summed E-state index contributed by atoms with van der Waals surface area (Å²) >= 11 is 17.1. The Labute approximate surface area is 167 Å². The minimum atomic E-state index is -0.113. The Morgan fingerprint density at radius 2 is 1.73 bits per heavy atom. The van der Waals surface area contributed by atoms with E-state index in [-0.39, 0.29) is 5.91 Å². The number of likely N-dealkylation sites (N-methyl/N-ethyl adjacent to an activating group) is 2. The molecule has 26 heavy (non-hydrogen) atoms. The Morgan fingerprint density at radius 3 is 2.31 bits per heavy atom. The highest BCUT2D eigenvalue weighted by atomic mass is 35.5. The molecule has 1 heterocycles. The first-order valence-electron chi connectivity index (χ1n) is 7.81. The van der Waals surface area contributed by atoms with E-state index >= 15 is 0 Å². The van der Waals surface area contributed by atoms with Crippen LogP contribution in [0.25, 0.3) is 6.08 Å². The molecule has 2 aromatic carbocycles. The van der Waals surface area contributed by atoms with Crippen LogP contribution in [0.1, 0.15) is 11.1 Å². The van der Waals surface area contributed by atoms with Crippen molar-refractivity contribution in [1.29, 1.82) is 0 Å². The lowest BCUT2D eigenvalue weighted by Gasteiger charge is -2.11. The molecule has 3 rings (SSSR count). The third kappa shape index (κ3) is 3.85. The minimum absolute atomic E-state index is 0.113. The lowest BCUT2D eigenvalue weighted by atomic mass is 10.1. The van der Waals surface area contributed by atoms with Crippen molar-refractivity contribution in [1.82, 2.24) is 9.80 Å². The molecule has 2 aromatic rings. The van der Waals surface area contributed by atoms with Gasteiger partial charge in [-0.3, -0.25) is 9.69 Å². The van der Waals surface area contributed by atoms with Gasteiger partial charge in [0, 0.05) is 14.1 Å². The number of amides is 1. The van der Waals surface area contributed by atoms with Crippen LogP contribution in [0.3, 0.4) is 0 Å². The predicted octanol–water partition coefficient (Wildman–Crippen LogP) is 4.60. The summed E-state index contributed by atoms with van der Waals surface area (Å²) in [5.74, 6) is 0.606. The summed E-state index contributed by atoms with van der Waals surface area (Å²) in [5, 5.41) is 1.51. The maximum absolute atomic E-state index is 12.2. The fourth-order valence-electron chi connectivity index (χ4n) is 2.50. The zero-order valence-corrected chi connectivity index (χ0v) is 16.5. The van der Waals surface area contributed by atoms with Crippen LogP contribution in [0, 0.1) is 0 Å². The third-order valence-electron chi connectivity index (χ3n) is 4.03. The largest absolute Gasteiger partial charge is 0.489 e. The molecular weight excluding hydrogens is 391 g/mol. The Morgan fingerprint density at radius 1 is 1.04 bits per heavy atom. The van der Waals surface area contributed by atoms with Gasteiger partial charge in [0.2, 0.25) is 0 Å². The van der Waals surface area contributed by atoms with E-state index in [2.05, 4.69) is 0 Å². The van der Waals surface area contributed by atoms with Crippen LogP contribution in [0.2, 0.25) is 10.0 Å². The van der Waals surface area contributed by atoms with Crippen LogP contribution in [-0.4, -0.2) is 34.9 Å². The van der Waals surface area contributed by atoms with Crippen molar-refractivity contribution in [3.05, 3.63) is 69.3 Å². The molecule has 7 heteroatoms. The normalized spacial score (nSPS) is 15.9. The van der Waals surface area contributed by atoms with Gasteiger partial charge in [0.1, 0.15) is 18.1 Å². The van der Waals surface area contributed by atoms with E-state index in [0.717, 1.165) is 16.9 Å². The van der Waals surface area contributed by atoms with Gasteiger partial charge < -0.3 is 9.64 Å². The number of ether oxygens (including phenoxy) is 1. The Hall–Kier alpha value is -2.08. The van der Waals surface area contributed by atoms with E-state index in [1.807, 2.05) is 30.3 Å². The molecule has 1 aliphatic heterocycles. The van der Waals surface area contributed by atoms with Gasteiger partial charge in [-0.2, -0.15) is 0 Å². The first-order valence-corrected chi connectivity index (χ1v) is 8.97. The summed E-state index contributed by atoms with van der Waals surface area (Å²) < 4.78 is 5.76. The summed E-state index contributed by atoms with van der Waals surface area (Å²) in [6.45, 7) is 0.387. The highest BCUT2D eigenvalue weighted by Crippen LogP contribution is 2.24. The average Bonchev–Trinajstić information content (AvgIpc) is 2.82. The van der Waals surface area contributed by atoms with Crippen molar-refractivity contribution in [3.63, 3.8) is 0 Å². The molecule has 0 spiro atoms. The van der Waals surface area contributed by atoms with Gasteiger partial charge in [-0.25, -0.2) is 0 Å². The van der Waals surface area contributed by atoms with Crippen LogP contribution in [-0.2, 0) is 11.4 Å². The van der Waals surface area contributed by atoms with Gasteiger partial charge in [-0.1, -0.05) is 41.4 Å². The minimum Gasteiger partial charge on any atom is -0.489 e. The van der Waals surface area contributed by atoms with Crippen LogP contribution < -0.4 is 4.74 Å². The summed E-state index contributed by atoms with van der Waals surface area (Å²) in [6.07, 6.45) is 1.81. The number of hydrogen-bond donors (Lipinski definition) is 0. The molecular formula is C19H16Cl2N2O2S. The first kappa shape index (κ1) is 18.7. The predicted molar refractivity (Wildman–Crippen MR) is 108 cm³/mol. The van der Waals surface area contributed by atoms with E-state index in [1.54, 1.807) is 37.2 Å². The molecule has 1 saturated heterocycles. The highest BCUT2D eigenvalue weighted by molar-refractivity contribution is 7.80. The molecule has 0 N–H and O–H groups in total. The molecule has 0 atom stereocenters. The fraction of sp³-hybridized carbons (Fsp3) is 0.158. The summed E-state index contributed by atoms with van der Waals surface area (Å²) in [7, 11) is 3.45. The molecule has 0 saturated carbocycles. The number of nitrogens with zero attached hydrogens (tertiary/aromatic N) is 2. The lowest BCUT2D eigenvalue weighted by Crippen LogP contribution is -2.26. The highest BCUT2D eigenvalue weighted by Gasteiger charge is 2.32. The van der Waals surface area contributed by atoms with Gasteiger partial charge in [0.15, 0.2) is 5.11 Å². The topological polar surface area (TPSA) is 32.8 Å². The lowest BCUT2D eigenvalue weighted by molar-refractivity contribution is -0.121. The SMILES string of the molecule is CN1C(=O)/C(=C/c2ccc(OCc3ccc(Cl)c(Cl)c3)cc2)N(C)C1=S. The molecule has 0 aliphatic carbocycles. The molecule has 1 aliphatic rings. The van der Waals surface area contributed by atoms with Crippen molar-refractivity contribution in [2.75, 3.05) is 14.1 Å². The van der Waals surface area contributed by atoms with E-state index in [4.69, 9.17) is 40.2 Å². The second-order valence-corrected chi connectivity index (χ2v) is 7.02.